The van der Waals surface area contributed by atoms with Crippen LogP contribution >= 0.6 is 0 Å². The molecule has 1 aromatic rings. The standard InChI is InChI=1S/C13H14O3/c1-4-8-15-12-9-10(3)6-7-11(12)16-13(14)5-2/h1,6-7,9H,5,8H2,2-3H3. The van der Waals surface area contributed by atoms with Crippen molar-refractivity contribution in [2.24, 2.45) is 0 Å². The number of carbonyl (C=O) groups excluding carboxylic acids is 1. The van der Waals surface area contributed by atoms with Crippen LogP contribution in [0.2, 0.25) is 0 Å². The summed E-state index contributed by atoms with van der Waals surface area (Å²) in [7, 11) is 0. The normalized spacial score (nSPS) is 9.31. The molecule has 0 atom stereocenters. The smallest absolute Gasteiger partial charge is 0.311 e. The summed E-state index contributed by atoms with van der Waals surface area (Å²) in [6, 6.07) is 5.34. The molecule has 0 aliphatic rings. The molecule has 0 aliphatic heterocycles. The lowest BCUT2D eigenvalue weighted by Crippen LogP contribution is -2.07. The second-order valence-corrected chi connectivity index (χ2v) is 3.27. The van der Waals surface area contributed by atoms with Gasteiger partial charge in [0.15, 0.2) is 11.5 Å². The fourth-order valence-corrected chi connectivity index (χ4v) is 1.13. The molecule has 0 saturated heterocycles. The van der Waals surface area contributed by atoms with E-state index in [0.29, 0.717) is 17.9 Å². The Morgan fingerprint density at radius 2 is 2.19 bits per heavy atom. The average Bonchev–Trinajstić information content (AvgIpc) is 2.29. The van der Waals surface area contributed by atoms with Crippen LogP contribution in [0.25, 0.3) is 0 Å². The molecule has 0 spiro atoms. The Hall–Kier alpha value is -1.95. The quantitative estimate of drug-likeness (QED) is 0.442. The lowest BCUT2D eigenvalue weighted by molar-refractivity contribution is -0.134. The number of benzene rings is 1. The van der Waals surface area contributed by atoms with Gasteiger partial charge in [-0.05, 0) is 24.6 Å². The van der Waals surface area contributed by atoms with Crippen LogP contribution in [0, 0.1) is 19.3 Å². The van der Waals surface area contributed by atoms with Crippen molar-refractivity contribution < 1.29 is 14.3 Å². The van der Waals surface area contributed by atoms with Gasteiger partial charge in [0.2, 0.25) is 0 Å². The molecule has 0 aromatic heterocycles. The van der Waals surface area contributed by atoms with Crippen LogP contribution in [0.4, 0.5) is 0 Å². The zero-order valence-electron chi connectivity index (χ0n) is 9.45. The van der Waals surface area contributed by atoms with Gasteiger partial charge < -0.3 is 9.47 Å². The van der Waals surface area contributed by atoms with Crippen LogP contribution in [-0.2, 0) is 4.79 Å². The number of ether oxygens (including phenoxy) is 2. The molecule has 0 saturated carbocycles. The highest BCUT2D eigenvalue weighted by Gasteiger charge is 2.08. The second kappa shape index (κ2) is 5.82. The lowest BCUT2D eigenvalue weighted by atomic mass is 10.2. The maximum atomic E-state index is 11.2. The second-order valence-electron chi connectivity index (χ2n) is 3.27. The minimum Gasteiger partial charge on any atom is -0.477 e. The molecule has 3 nitrogen and oxygen atoms in total. The van der Waals surface area contributed by atoms with E-state index in [1.165, 1.54) is 0 Å². The number of rotatable bonds is 4. The average molecular weight is 218 g/mol. The van der Waals surface area contributed by atoms with Crippen molar-refractivity contribution >= 4 is 5.97 Å². The van der Waals surface area contributed by atoms with E-state index < -0.39 is 0 Å². The summed E-state index contributed by atoms with van der Waals surface area (Å²) in [6.45, 7) is 3.81. The van der Waals surface area contributed by atoms with Crippen LogP contribution in [0.5, 0.6) is 11.5 Å². The largest absolute Gasteiger partial charge is 0.477 e. The van der Waals surface area contributed by atoms with Crippen molar-refractivity contribution in [3.8, 4) is 23.8 Å². The van der Waals surface area contributed by atoms with Gasteiger partial charge in [-0.25, -0.2) is 0 Å². The molecule has 84 valence electrons. The molecule has 0 bridgehead atoms. The fourth-order valence-electron chi connectivity index (χ4n) is 1.13. The highest BCUT2D eigenvalue weighted by Crippen LogP contribution is 2.28. The Labute approximate surface area is 95.4 Å². The van der Waals surface area contributed by atoms with Crippen molar-refractivity contribution in [2.45, 2.75) is 20.3 Å². The zero-order chi connectivity index (χ0) is 12.0. The molecular formula is C13H14O3. The molecule has 0 heterocycles. The van der Waals surface area contributed by atoms with E-state index in [-0.39, 0.29) is 12.6 Å². The first kappa shape index (κ1) is 12.1. The van der Waals surface area contributed by atoms with Crippen LogP contribution in [0.15, 0.2) is 18.2 Å². The van der Waals surface area contributed by atoms with Gasteiger partial charge in [-0.1, -0.05) is 18.9 Å². The molecule has 1 aromatic carbocycles. The Balaban J connectivity index is 2.89. The topological polar surface area (TPSA) is 35.5 Å². The van der Waals surface area contributed by atoms with Gasteiger partial charge in [0.1, 0.15) is 6.61 Å². The molecule has 0 aliphatic carbocycles. The SMILES string of the molecule is C#CCOc1cc(C)ccc1OC(=O)CC. The monoisotopic (exact) mass is 218 g/mol. The third kappa shape index (κ3) is 3.32. The Morgan fingerprint density at radius 3 is 2.81 bits per heavy atom. The van der Waals surface area contributed by atoms with Gasteiger partial charge in [-0.2, -0.15) is 0 Å². The summed E-state index contributed by atoms with van der Waals surface area (Å²) < 4.78 is 10.4. The molecule has 1 rings (SSSR count). The fraction of sp³-hybridized carbons (Fsp3) is 0.308. The summed E-state index contributed by atoms with van der Waals surface area (Å²) >= 11 is 0. The molecular weight excluding hydrogens is 204 g/mol. The zero-order valence-corrected chi connectivity index (χ0v) is 9.45. The van der Waals surface area contributed by atoms with Crippen molar-refractivity contribution in [1.82, 2.24) is 0 Å². The third-order valence-electron chi connectivity index (χ3n) is 1.92. The van der Waals surface area contributed by atoms with E-state index in [4.69, 9.17) is 15.9 Å². The number of carbonyl (C=O) groups is 1. The van der Waals surface area contributed by atoms with Gasteiger partial charge in [0.05, 0.1) is 0 Å². The predicted octanol–water partition coefficient (Wildman–Crippen LogP) is 2.32. The van der Waals surface area contributed by atoms with E-state index in [9.17, 15) is 4.79 Å². The van der Waals surface area contributed by atoms with Crippen molar-refractivity contribution in [1.29, 1.82) is 0 Å². The molecule has 0 unspecified atom stereocenters. The highest BCUT2D eigenvalue weighted by molar-refractivity contribution is 5.72. The number of hydrogen-bond donors (Lipinski definition) is 0. The van der Waals surface area contributed by atoms with Crippen LogP contribution in [0.1, 0.15) is 18.9 Å². The number of esters is 1. The van der Waals surface area contributed by atoms with E-state index in [1.807, 2.05) is 13.0 Å². The molecule has 3 heteroatoms. The molecule has 0 fully saturated rings. The van der Waals surface area contributed by atoms with Crippen LogP contribution in [-0.4, -0.2) is 12.6 Å². The minimum absolute atomic E-state index is 0.153. The molecule has 0 radical (unpaired) electrons. The number of hydrogen-bond acceptors (Lipinski definition) is 3. The van der Waals surface area contributed by atoms with Gasteiger partial charge in [0.25, 0.3) is 0 Å². The van der Waals surface area contributed by atoms with E-state index in [0.717, 1.165) is 5.56 Å². The van der Waals surface area contributed by atoms with Crippen LogP contribution < -0.4 is 9.47 Å². The number of terminal acetylenes is 1. The third-order valence-corrected chi connectivity index (χ3v) is 1.92. The summed E-state index contributed by atoms with van der Waals surface area (Å²) in [5, 5.41) is 0. The molecule has 0 amide bonds. The van der Waals surface area contributed by atoms with Crippen molar-refractivity contribution in [3.05, 3.63) is 23.8 Å². The maximum Gasteiger partial charge on any atom is 0.311 e. The maximum absolute atomic E-state index is 11.2. The first-order chi connectivity index (χ1) is 7.67. The highest BCUT2D eigenvalue weighted by atomic mass is 16.6. The van der Waals surface area contributed by atoms with Gasteiger partial charge >= 0.3 is 5.97 Å². The summed E-state index contributed by atoms with van der Waals surface area (Å²) in [5.74, 6) is 2.98. The van der Waals surface area contributed by atoms with Crippen molar-refractivity contribution in [3.63, 3.8) is 0 Å². The van der Waals surface area contributed by atoms with E-state index in [1.54, 1.807) is 19.1 Å². The van der Waals surface area contributed by atoms with Crippen molar-refractivity contribution in [2.75, 3.05) is 6.61 Å². The van der Waals surface area contributed by atoms with Gasteiger partial charge in [-0.3, -0.25) is 4.79 Å². The number of aryl methyl sites for hydroxylation is 1. The summed E-state index contributed by atoms with van der Waals surface area (Å²) in [4.78, 5) is 11.2. The Morgan fingerprint density at radius 1 is 1.44 bits per heavy atom. The first-order valence-corrected chi connectivity index (χ1v) is 5.05. The first-order valence-electron chi connectivity index (χ1n) is 5.05. The summed E-state index contributed by atoms with van der Waals surface area (Å²) in [6.07, 6.45) is 5.43. The minimum atomic E-state index is -0.297. The predicted molar refractivity (Wildman–Crippen MR) is 61.4 cm³/mol. The molecule has 0 N–H and O–H groups in total. The summed E-state index contributed by atoms with van der Waals surface area (Å²) in [5.41, 5.74) is 1.02. The van der Waals surface area contributed by atoms with Gasteiger partial charge in [0, 0.05) is 6.42 Å². The van der Waals surface area contributed by atoms with Gasteiger partial charge in [-0.15, -0.1) is 6.42 Å². The van der Waals surface area contributed by atoms with E-state index >= 15 is 0 Å². The van der Waals surface area contributed by atoms with E-state index in [2.05, 4.69) is 5.92 Å². The van der Waals surface area contributed by atoms with Crippen LogP contribution in [0.3, 0.4) is 0 Å². The molecule has 16 heavy (non-hydrogen) atoms. The Kier molecular flexibility index (Phi) is 4.41. The lowest BCUT2D eigenvalue weighted by Gasteiger charge is -2.10. The Bertz CT molecular complexity index is 416.